The molecule has 7 nitrogen and oxygen atoms in total. The van der Waals surface area contributed by atoms with Gasteiger partial charge in [-0.05, 0) is 53.5 Å². The highest BCUT2D eigenvalue weighted by molar-refractivity contribution is 9.10. The van der Waals surface area contributed by atoms with E-state index in [2.05, 4.69) is 36.0 Å². The first-order chi connectivity index (χ1) is 13.9. The third-order valence-electron chi connectivity index (χ3n) is 4.45. The molecule has 0 amide bonds. The van der Waals surface area contributed by atoms with Gasteiger partial charge in [0, 0.05) is 12.3 Å². The molecular weight excluding hydrogens is 478 g/mol. The average Bonchev–Trinajstić information content (AvgIpc) is 3.25. The second kappa shape index (κ2) is 6.72. The summed E-state index contributed by atoms with van der Waals surface area (Å²) in [5, 5.41) is 6.11. The van der Waals surface area contributed by atoms with Crippen LogP contribution in [0.4, 0.5) is 0 Å². The minimum atomic E-state index is -0.489. The van der Waals surface area contributed by atoms with Crippen LogP contribution in [0.3, 0.4) is 0 Å². The number of fused-ring (bicyclic) bond motifs is 2. The predicted molar refractivity (Wildman–Crippen MR) is 116 cm³/mol. The zero-order valence-electron chi connectivity index (χ0n) is 15.1. The van der Waals surface area contributed by atoms with Crippen molar-refractivity contribution in [1.29, 1.82) is 0 Å². The number of thiazole rings is 1. The third kappa shape index (κ3) is 2.97. The van der Waals surface area contributed by atoms with Crippen LogP contribution >= 0.6 is 38.9 Å². The molecule has 0 N–H and O–H groups in total. The largest absolute Gasteiger partial charge is 0.401 e. The Bertz CT molecular complexity index is 1490. The lowest BCUT2D eigenvalue weighted by molar-refractivity contribution is 0.513. The summed E-state index contributed by atoms with van der Waals surface area (Å²) in [6, 6.07) is 6.86. The van der Waals surface area contributed by atoms with Gasteiger partial charge in [-0.25, -0.2) is 24.4 Å². The molecular formula is C19H11BrClN5O2S. The standard InChI is InChI=1S/C19H11BrClN5O2S/c1-8-15-10(6-12-16(8)29-9(2)23-12)19(27)28-18(24-15)13-7-14(20)25-26(13)17-11(21)4-3-5-22-17/h3-7H,1-2H3. The molecule has 29 heavy (non-hydrogen) atoms. The second-order valence-electron chi connectivity index (χ2n) is 6.36. The topological polar surface area (TPSA) is 86.7 Å². The summed E-state index contributed by atoms with van der Waals surface area (Å²) in [4.78, 5) is 26.2. The van der Waals surface area contributed by atoms with E-state index in [1.807, 2.05) is 13.8 Å². The smallest absolute Gasteiger partial charge is 0.347 e. The first-order valence-electron chi connectivity index (χ1n) is 8.51. The Balaban J connectivity index is 1.81. The zero-order valence-corrected chi connectivity index (χ0v) is 18.3. The molecule has 4 aromatic heterocycles. The Morgan fingerprint density at radius 3 is 2.86 bits per heavy atom. The molecule has 0 spiro atoms. The molecule has 0 fully saturated rings. The van der Waals surface area contributed by atoms with E-state index >= 15 is 0 Å². The van der Waals surface area contributed by atoms with Crippen molar-refractivity contribution in [3.63, 3.8) is 0 Å². The van der Waals surface area contributed by atoms with Crippen LogP contribution in [0, 0.1) is 13.8 Å². The van der Waals surface area contributed by atoms with Crippen LogP contribution < -0.4 is 5.63 Å². The Morgan fingerprint density at radius 2 is 2.07 bits per heavy atom. The fourth-order valence-corrected chi connectivity index (χ4v) is 4.68. The van der Waals surface area contributed by atoms with E-state index < -0.39 is 5.63 Å². The first-order valence-corrected chi connectivity index (χ1v) is 10.5. The molecule has 1 aromatic carbocycles. The number of pyridine rings is 1. The van der Waals surface area contributed by atoms with Crippen LogP contribution in [0.5, 0.6) is 0 Å². The Kier molecular flexibility index (Phi) is 4.27. The van der Waals surface area contributed by atoms with Gasteiger partial charge in [-0.2, -0.15) is 5.10 Å². The predicted octanol–water partition coefficient (Wildman–Crippen LogP) is 5.08. The maximum absolute atomic E-state index is 12.8. The number of halogens is 2. The van der Waals surface area contributed by atoms with Crippen molar-refractivity contribution >= 4 is 60.0 Å². The van der Waals surface area contributed by atoms with Crippen molar-refractivity contribution in [3.8, 4) is 17.4 Å². The van der Waals surface area contributed by atoms with Gasteiger partial charge >= 0.3 is 5.63 Å². The number of nitrogens with zero attached hydrogens (tertiary/aromatic N) is 5. The van der Waals surface area contributed by atoms with Crippen molar-refractivity contribution in [3.05, 3.63) is 61.1 Å². The van der Waals surface area contributed by atoms with E-state index in [0.717, 1.165) is 20.8 Å². The fraction of sp³-hybridized carbons (Fsp3) is 0.105. The lowest BCUT2D eigenvalue weighted by Gasteiger charge is -2.08. The summed E-state index contributed by atoms with van der Waals surface area (Å²) < 4.78 is 8.59. The summed E-state index contributed by atoms with van der Waals surface area (Å²) in [6.07, 6.45) is 1.61. The summed E-state index contributed by atoms with van der Waals surface area (Å²) in [7, 11) is 0. The number of benzene rings is 1. The van der Waals surface area contributed by atoms with Gasteiger partial charge in [0.25, 0.3) is 0 Å². The van der Waals surface area contributed by atoms with Crippen LogP contribution in [0.2, 0.25) is 5.02 Å². The van der Waals surface area contributed by atoms with Crippen molar-refractivity contribution in [2.45, 2.75) is 13.8 Å². The molecule has 5 rings (SSSR count). The minimum absolute atomic E-state index is 0.131. The van der Waals surface area contributed by atoms with Crippen molar-refractivity contribution in [2.24, 2.45) is 0 Å². The molecule has 5 aromatic rings. The van der Waals surface area contributed by atoms with Crippen LogP contribution in [0.1, 0.15) is 10.6 Å². The van der Waals surface area contributed by atoms with Gasteiger partial charge < -0.3 is 4.42 Å². The van der Waals surface area contributed by atoms with E-state index in [0.29, 0.717) is 32.0 Å². The van der Waals surface area contributed by atoms with Crippen molar-refractivity contribution < 1.29 is 4.42 Å². The number of rotatable bonds is 2. The van der Waals surface area contributed by atoms with Crippen molar-refractivity contribution in [2.75, 3.05) is 0 Å². The van der Waals surface area contributed by atoms with E-state index in [4.69, 9.17) is 16.0 Å². The van der Waals surface area contributed by atoms with Gasteiger partial charge in [-0.3, -0.25) is 0 Å². The lowest BCUT2D eigenvalue weighted by Crippen LogP contribution is -2.08. The molecule has 0 aliphatic carbocycles. The molecule has 0 aliphatic heterocycles. The van der Waals surface area contributed by atoms with Crippen LogP contribution in [-0.4, -0.2) is 24.7 Å². The molecule has 4 heterocycles. The van der Waals surface area contributed by atoms with Gasteiger partial charge in [0.2, 0.25) is 5.89 Å². The Labute approximate surface area is 181 Å². The van der Waals surface area contributed by atoms with Gasteiger partial charge in [0.05, 0.1) is 31.1 Å². The highest BCUT2D eigenvalue weighted by atomic mass is 79.9. The summed E-state index contributed by atoms with van der Waals surface area (Å²) >= 11 is 11.2. The van der Waals surface area contributed by atoms with Gasteiger partial charge in [0.1, 0.15) is 10.3 Å². The lowest BCUT2D eigenvalue weighted by atomic mass is 10.1. The third-order valence-corrected chi connectivity index (χ3v) is 6.24. The Hall–Kier alpha value is -2.62. The second-order valence-corrected chi connectivity index (χ2v) is 8.78. The van der Waals surface area contributed by atoms with E-state index in [9.17, 15) is 4.79 Å². The summed E-state index contributed by atoms with van der Waals surface area (Å²) in [6.45, 7) is 3.87. The van der Waals surface area contributed by atoms with E-state index in [-0.39, 0.29) is 5.89 Å². The molecule has 10 heteroatoms. The maximum atomic E-state index is 12.8. The monoisotopic (exact) mass is 487 g/mol. The zero-order chi connectivity index (χ0) is 20.3. The number of aryl methyl sites for hydroxylation is 2. The first kappa shape index (κ1) is 18.4. The maximum Gasteiger partial charge on any atom is 0.347 e. The van der Waals surface area contributed by atoms with Gasteiger partial charge in [-0.1, -0.05) is 11.6 Å². The van der Waals surface area contributed by atoms with Crippen LogP contribution in [0.15, 0.2) is 44.3 Å². The van der Waals surface area contributed by atoms with Crippen molar-refractivity contribution in [1.82, 2.24) is 24.7 Å². The SMILES string of the molecule is Cc1nc2cc3c(=O)oc(-c4cc(Br)nn4-c4ncccc4Cl)nc3c(C)c2s1. The quantitative estimate of drug-likeness (QED) is 0.344. The molecule has 0 unspecified atom stereocenters. The fourth-order valence-electron chi connectivity index (χ4n) is 3.20. The highest BCUT2D eigenvalue weighted by Gasteiger charge is 2.20. The normalized spacial score (nSPS) is 11.6. The molecule has 0 atom stereocenters. The van der Waals surface area contributed by atoms with Gasteiger partial charge in [0.15, 0.2) is 5.82 Å². The average molecular weight is 489 g/mol. The molecule has 0 radical (unpaired) electrons. The van der Waals surface area contributed by atoms with E-state index in [1.54, 1.807) is 41.8 Å². The molecule has 0 aliphatic rings. The molecule has 0 saturated carbocycles. The van der Waals surface area contributed by atoms with Gasteiger partial charge in [-0.15, -0.1) is 11.3 Å². The molecule has 0 saturated heterocycles. The van der Waals surface area contributed by atoms with E-state index in [1.165, 1.54) is 4.68 Å². The number of hydrogen-bond donors (Lipinski definition) is 0. The minimum Gasteiger partial charge on any atom is -0.401 e. The number of aromatic nitrogens is 5. The molecule has 144 valence electrons. The summed E-state index contributed by atoms with van der Waals surface area (Å²) in [5.74, 6) is 0.538. The highest BCUT2D eigenvalue weighted by Crippen LogP contribution is 2.32. The summed E-state index contributed by atoms with van der Waals surface area (Å²) in [5.41, 5.74) is 2.20. The van der Waals surface area contributed by atoms with Crippen LogP contribution in [0.25, 0.3) is 38.5 Å². The number of hydrogen-bond acceptors (Lipinski definition) is 7. The van der Waals surface area contributed by atoms with Crippen LogP contribution in [-0.2, 0) is 0 Å². The Morgan fingerprint density at radius 1 is 1.24 bits per heavy atom. The molecule has 0 bridgehead atoms.